The number of para-hydroxylation sites is 1. The molecule has 0 amide bonds. The van der Waals surface area contributed by atoms with Crippen molar-refractivity contribution in [3.8, 4) is 5.75 Å². The van der Waals surface area contributed by atoms with Crippen LogP contribution in [0.3, 0.4) is 0 Å². The summed E-state index contributed by atoms with van der Waals surface area (Å²) in [6.07, 6.45) is 0. The third-order valence-corrected chi connectivity index (χ3v) is 4.81. The zero-order valence-corrected chi connectivity index (χ0v) is 18.6. The first-order chi connectivity index (χ1) is 12.0. The molecule has 7 heteroatoms. The Bertz CT molecular complexity index is 675. The third kappa shape index (κ3) is 7.13. The van der Waals surface area contributed by atoms with Gasteiger partial charge in [-0.15, -0.1) is 35.3 Å². The summed E-state index contributed by atoms with van der Waals surface area (Å²) >= 11 is 1.54. The first-order valence-corrected chi connectivity index (χ1v) is 9.38. The van der Waals surface area contributed by atoms with Crippen molar-refractivity contribution in [2.45, 2.75) is 26.4 Å². The van der Waals surface area contributed by atoms with E-state index in [0.717, 1.165) is 22.7 Å². The average Bonchev–Trinajstić information content (AvgIpc) is 3.13. The Morgan fingerprint density at radius 1 is 1.23 bits per heavy atom. The summed E-state index contributed by atoms with van der Waals surface area (Å²) in [6.45, 7) is 8.04. The molecule has 1 aromatic heterocycles. The summed E-state index contributed by atoms with van der Waals surface area (Å²) < 4.78 is 5.78. The van der Waals surface area contributed by atoms with Gasteiger partial charge in [-0.05, 0) is 43.8 Å². The van der Waals surface area contributed by atoms with E-state index < -0.39 is 5.60 Å². The number of rotatable bonds is 8. The number of ether oxygens (including phenoxy) is 1. The largest absolute Gasteiger partial charge is 0.491 e. The van der Waals surface area contributed by atoms with Gasteiger partial charge in [0.15, 0.2) is 5.96 Å². The number of aliphatic hydroxyl groups is 1. The van der Waals surface area contributed by atoms with Gasteiger partial charge >= 0.3 is 0 Å². The second-order valence-electron chi connectivity index (χ2n) is 5.99. The highest BCUT2D eigenvalue weighted by atomic mass is 127. The summed E-state index contributed by atoms with van der Waals surface area (Å²) in [6, 6.07) is 11.8. The summed E-state index contributed by atoms with van der Waals surface area (Å²) in [7, 11) is 0. The van der Waals surface area contributed by atoms with Crippen LogP contribution in [0.1, 0.15) is 24.3 Å². The van der Waals surface area contributed by atoms with Crippen LogP contribution in [0.15, 0.2) is 46.8 Å². The second-order valence-corrected chi connectivity index (χ2v) is 6.93. The predicted octanol–water partition coefficient (Wildman–Crippen LogP) is 3.52. The van der Waals surface area contributed by atoms with Gasteiger partial charge in [-0.1, -0.05) is 24.3 Å². The molecule has 0 saturated carbocycles. The van der Waals surface area contributed by atoms with Crippen LogP contribution < -0.4 is 15.4 Å². The SMILES string of the molecule is CCNC(=NCC(C)(O)c1cccs1)NCCOc1ccccc1C.I. The predicted molar refractivity (Wildman–Crippen MR) is 120 cm³/mol. The van der Waals surface area contributed by atoms with Gasteiger partial charge in [-0.3, -0.25) is 0 Å². The minimum absolute atomic E-state index is 0. The normalized spacial score (nSPS) is 13.5. The number of nitrogens with zero attached hydrogens (tertiary/aromatic N) is 1. The van der Waals surface area contributed by atoms with Crippen molar-refractivity contribution in [3.05, 3.63) is 52.2 Å². The highest BCUT2D eigenvalue weighted by Gasteiger charge is 2.23. The van der Waals surface area contributed by atoms with E-state index in [1.165, 1.54) is 11.3 Å². The standard InChI is InChI=1S/C19H27N3O2S.HI/c1-4-20-18(22-14-19(3,23)17-10-7-13-25-17)21-11-12-24-16-9-6-5-8-15(16)2;/h5-10,13,23H,4,11-12,14H2,1-3H3,(H2,20,21,22);1H. The molecule has 26 heavy (non-hydrogen) atoms. The van der Waals surface area contributed by atoms with Gasteiger partial charge in [-0.25, -0.2) is 4.99 Å². The number of guanidine groups is 1. The second kappa shape index (κ2) is 11.4. The van der Waals surface area contributed by atoms with Crippen LogP contribution in [-0.4, -0.2) is 37.3 Å². The van der Waals surface area contributed by atoms with Crippen LogP contribution >= 0.6 is 35.3 Å². The molecule has 0 fully saturated rings. The van der Waals surface area contributed by atoms with E-state index in [-0.39, 0.29) is 24.0 Å². The van der Waals surface area contributed by atoms with Crippen molar-refractivity contribution >= 4 is 41.3 Å². The van der Waals surface area contributed by atoms with Gasteiger partial charge < -0.3 is 20.5 Å². The van der Waals surface area contributed by atoms with Crippen LogP contribution in [0, 0.1) is 6.92 Å². The Kier molecular flexibility index (Phi) is 9.97. The summed E-state index contributed by atoms with van der Waals surface area (Å²) in [5.41, 5.74) is 0.156. The number of nitrogens with one attached hydrogen (secondary N) is 2. The number of aryl methyl sites for hydroxylation is 1. The Balaban J connectivity index is 0.00000338. The number of hydrogen-bond acceptors (Lipinski definition) is 4. The lowest BCUT2D eigenvalue weighted by atomic mass is 10.1. The molecule has 3 N–H and O–H groups in total. The molecule has 0 aliphatic rings. The Labute approximate surface area is 176 Å². The lowest BCUT2D eigenvalue weighted by Crippen LogP contribution is -2.40. The van der Waals surface area contributed by atoms with E-state index in [4.69, 9.17) is 4.74 Å². The quantitative estimate of drug-likeness (QED) is 0.230. The van der Waals surface area contributed by atoms with Crippen molar-refractivity contribution in [2.75, 3.05) is 26.2 Å². The Morgan fingerprint density at radius 3 is 2.65 bits per heavy atom. The van der Waals surface area contributed by atoms with Gasteiger partial charge in [-0.2, -0.15) is 0 Å². The monoisotopic (exact) mass is 489 g/mol. The van der Waals surface area contributed by atoms with Gasteiger partial charge in [0.05, 0.1) is 13.1 Å². The molecule has 2 aromatic rings. The van der Waals surface area contributed by atoms with Gasteiger partial charge in [0.1, 0.15) is 18.0 Å². The van der Waals surface area contributed by atoms with Crippen LogP contribution in [-0.2, 0) is 5.60 Å². The Morgan fingerprint density at radius 2 is 2.00 bits per heavy atom. The molecule has 1 atom stereocenters. The lowest BCUT2D eigenvalue weighted by Gasteiger charge is -2.20. The van der Waals surface area contributed by atoms with Crippen LogP contribution in [0.2, 0.25) is 0 Å². The van der Waals surface area contributed by atoms with Crippen molar-refractivity contribution in [1.29, 1.82) is 0 Å². The maximum absolute atomic E-state index is 10.6. The third-order valence-electron chi connectivity index (χ3n) is 3.69. The molecule has 0 aliphatic carbocycles. The van der Waals surface area contributed by atoms with E-state index in [1.54, 1.807) is 6.92 Å². The van der Waals surface area contributed by atoms with Crippen LogP contribution in [0.25, 0.3) is 0 Å². The maximum Gasteiger partial charge on any atom is 0.191 e. The molecular formula is C19H28IN3O2S. The molecule has 0 bridgehead atoms. The summed E-state index contributed by atoms with van der Waals surface area (Å²) in [4.78, 5) is 5.41. The van der Waals surface area contributed by atoms with E-state index in [0.29, 0.717) is 25.7 Å². The highest BCUT2D eigenvalue weighted by molar-refractivity contribution is 14.0. The average molecular weight is 489 g/mol. The van der Waals surface area contributed by atoms with E-state index in [2.05, 4.69) is 15.6 Å². The number of hydrogen-bond donors (Lipinski definition) is 3. The highest BCUT2D eigenvalue weighted by Crippen LogP contribution is 2.25. The molecule has 0 radical (unpaired) electrons. The zero-order chi connectivity index (χ0) is 18.1. The fourth-order valence-electron chi connectivity index (χ4n) is 2.29. The molecule has 0 spiro atoms. The molecular weight excluding hydrogens is 461 g/mol. The minimum atomic E-state index is -0.964. The maximum atomic E-state index is 10.6. The first kappa shape index (κ1) is 22.7. The van der Waals surface area contributed by atoms with E-state index in [9.17, 15) is 5.11 Å². The fourth-order valence-corrected chi connectivity index (χ4v) is 3.07. The van der Waals surface area contributed by atoms with Crippen molar-refractivity contribution in [1.82, 2.24) is 10.6 Å². The van der Waals surface area contributed by atoms with Crippen molar-refractivity contribution in [2.24, 2.45) is 4.99 Å². The Hall–Kier alpha value is -1.32. The van der Waals surface area contributed by atoms with Gasteiger partial charge in [0.25, 0.3) is 0 Å². The first-order valence-electron chi connectivity index (χ1n) is 8.50. The fraction of sp³-hybridized carbons (Fsp3) is 0.421. The molecule has 0 aliphatic heterocycles. The van der Waals surface area contributed by atoms with E-state index >= 15 is 0 Å². The number of thiophene rings is 1. The van der Waals surface area contributed by atoms with Crippen molar-refractivity contribution < 1.29 is 9.84 Å². The molecule has 1 aromatic carbocycles. The molecule has 144 valence electrons. The molecule has 1 heterocycles. The van der Waals surface area contributed by atoms with Gasteiger partial charge in [0.2, 0.25) is 0 Å². The molecule has 5 nitrogen and oxygen atoms in total. The zero-order valence-electron chi connectivity index (χ0n) is 15.5. The number of aliphatic imine (C=N–C) groups is 1. The number of halogens is 1. The van der Waals surface area contributed by atoms with Gasteiger partial charge in [0, 0.05) is 11.4 Å². The van der Waals surface area contributed by atoms with Crippen LogP contribution in [0.5, 0.6) is 5.75 Å². The molecule has 1 unspecified atom stereocenters. The molecule has 0 saturated heterocycles. The summed E-state index contributed by atoms with van der Waals surface area (Å²) in [5, 5.41) is 18.9. The van der Waals surface area contributed by atoms with Crippen LogP contribution in [0.4, 0.5) is 0 Å². The van der Waals surface area contributed by atoms with E-state index in [1.807, 2.05) is 55.6 Å². The topological polar surface area (TPSA) is 65.9 Å². The lowest BCUT2D eigenvalue weighted by molar-refractivity contribution is 0.0711. The number of benzene rings is 1. The summed E-state index contributed by atoms with van der Waals surface area (Å²) in [5.74, 6) is 1.57. The molecule has 2 rings (SSSR count). The minimum Gasteiger partial charge on any atom is -0.491 e. The smallest absolute Gasteiger partial charge is 0.191 e. The van der Waals surface area contributed by atoms with Crippen molar-refractivity contribution in [3.63, 3.8) is 0 Å².